The van der Waals surface area contributed by atoms with E-state index in [0.717, 1.165) is 25.7 Å². The van der Waals surface area contributed by atoms with E-state index in [1.165, 1.54) is 12.5 Å². The molecule has 20 heavy (non-hydrogen) atoms. The average Bonchev–Trinajstić information content (AvgIpc) is 2.45. The van der Waals surface area contributed by atoms with Gasteiger partial charge in [0.1, 0.15) is 5.02 Å². The van der Waals surface area contributed by atoms with Crippen molar-refractivity contribution in [2.24, 2.45) is 0 Å². The molecule has 5 N–H and O–H groups in total. The Kier molecular flexibility index (Phi) is 4.94. The Morgan fingerprint density at radius 2 is 1.90 bits per heavy atom. The maximum atomic E-state index is 14.4. The van der Waals surface area contributed by atoms with Crippen molar-refractivity contribution in [2.75, 3.05) is 29.5 Å². The lowest BCUT2D eigenvalue weighted by molar-refractivity contribution is 0.289. The number of nitrogens with zero attached hydrogens (tertiary/aromatic N) is 1. The Balaban J connectivity index is 2.40. The van der Waals surface area contributed by atoms with Gasteiger partial charge >= 0.3 is 0 Å². The second-order valence-corrected chi connectivity index (χ2v) is 5.62. The summed E-state index contributed by atoms with van der Waals surface area (Å²) in [7, 11) is 0. The van der Waals surface area contributed by atoms with Gasteiger partial charge in [-0.1, -0.05) is 30.9 Å². The minimum Gasteiger partial charge on any atom is -0.397 e. The van der Waals surface area contributed by atoms with E-state index in [-0.39, 0.29) is 34.7 Å². The van der Waals surface area contributed by atoms with Crippen LogP contribution in [0.25, 0.3) is 0 Å². The van der Waals surface area contributed by atoms with Crippen LogP contribution in [0.2, 0.25) is 5.02 Å². The molecule has 0 bridgehead atoms. The molecule has 6 heteroatoms. The first-order valence-corrected chi connectivity index (χ1v) is 7.34. The summed E-state index contributed by atoms with van der Waals surface area (Å²) in [5.74, 6) is -0.594. The zero-order valence-corrected chi connectivity index (χ0v) is 12.2. The fourth-order valence-corrected chi connectivity index (χ4v) is 3.07. The van der Waals surface area contributed by atoms with Crippen molar-refractivity contribution >= 4 is 28.7 Å². The molecule has 0 saturated heterocycles. The third-order valence-corrected chi connectivity index (χ3v) is 4.27. The van der Waals surface area contributed by atoms with E-state index in [0.29, 0.717) is 6.54 Å². The molecular formula is C14H21ClFN3O. The summed E-state index contributed by atoms with van der Waals surface area (Å²) in [6.07, 6.45) is 5.36. The van der Waals surface area contributed by atoms with E-state index in [4.69, 9.17) is 23.1 Å². The summed E-state index contributed by atoms with van der Waals surface area (Å²) in [6.45, 7) is 0.281. The van der Waals surface area contributed by atoms with Gasteiger partial charge in [0, 0.05) is 12.6 Å². The molecule has 4 nitrogen and oxygen atoms in total. The van der Waals surface area contributed by atoms with Gasteiger partial charge in [0.05, 0.1) is 23.7 Å². The largest absolute Gasteiger partial charge is 0.397 e. The molecule has 1 aromatic rings. The van der Waals surface area contributed by atoms with E-state index in [2.05, 4.69) is 0 Å². The van der Waals surface area contributed by atoms with Gasteiger partial charge in [0.2, 0.25) is 0 Å². The van der Waals surface area contributed by atoms with E-state index in [9.17, 15) is 9.50 Å². The highest BCUT2D eigenvalue weighted by Gasteiger charge is 2.26. The number of anilines is 3. The lowest BCUT2D eigenvalue weighted by Crippen LogP contribution is -2.40. The van der Waals surface area contributed by atoms with Gasteiger partial charge < -0.3 is 21.5 Å². The van der Waals surface area contributed by atoms with Gasteiger partial charge in [-0.2, -0.15) is 0 Å². The van der Waals surface area contributed by atoms with Gasteiger partial charge in [0.15, 0.2) is 5.82 Å². The van der Waals surface area contributed by atoms with Gasteiger partial charge in [-0.05, 0) is 18.9 Å². The van der Waals surface area contributed by atoms with Crippen molar-refractivity contribution in [1.82, 2.24) is 0 Å². The summed E-state index contributed by atoms with van der Waals surface area (Å²) >= 11 is 5.89. The van der Waals surface area contributed by atoms with Gasteiger partial charge in [-0.25, -0.2) is 4.39 Å². The van der Waals surface area contributed by atoms with Gasteiger partial charge in [0.25, 0.3) is 0 Å². The molecule has 0 unspecified atom stereocenters. The maximum absolute atomic E-state index is 14.4. The lowest BCUT2D eigenvalue weighted by Gasteiger charge is -2.36. The third kappa shape index (κ3) is 2.94. The van der Waals surface area contributed by atoms with E-state index < -0.39 is 5.82 Å². The van der Waals surface area contributed by atoms with Crippen molar-refractivity contribution in [3.63, 3.8) is 0 Å². The fraction of sp³-hybridized carbons (Fsp3) is 0.571. The van der Waals surface area contributed by atoms with Crippen LogP contribution in [-0.2, 0) is 0 Å². The molecule has 1 saturated carbocycles. The van der Waals surface area contributed by atoms with Crippen LogP contribution in [0.15, 0.2) is 6.07 Å². The van der Waals surface area contributed by atoms with Crippen LogP contribution >= 0.6 is 11.6 Å². The predicted molar refractivity (Wildman–Crippen MR) is 81.5 cm³/mol. The fourth-order valence-electron chi connectivity index (χ4n) is 2.93. The number of halogens is 2. The first kappa shape index (κ1) is 15.2. The van der Waals surface area contributed by atoms with E-state index in [1.807, 2.05) is 4.90 Å². The summed E-state index contributed by atoms with van der Waals surface area (Å²) < 4.78 is 14.4. The average molecular weight is 302 g/mol. The van der Waals surface area contributed by atoms with Crippen LogP contribution in [0, 0.1) is 5.82 Å². The number of nitrogens with two attached hydrogens (primary N) is 2. The third-order valence-electron chi connectivity index (χ3n) is 3.88. The standard InChI is InChI=1S/C14H21ClFN3O/c15-12-10(17)8-11(18)14(13(12)16)19(6-7-20)9-4-2-1-3-5-9/h8-9,20H,1-7,17-18H2. The second kappa shape index (κ2) is 6.50. The number of hydrogen-bond acceptors (Lipinski definition) is 4. The van der Waals surface area contributed by atoms with Gasteiger partial charge in [-0.15, -0.1) is 0 Å². The molecule has 0 aliphatic heterocycles. The highest BCUT2D eigenvalue weighted by atomic mass is 35.5. The minimum atomic E-state index is -0.594. The number of aliphatic hydroxyl groups excluding tert-OH is 1. The molecule has 0 atom stereocenters. The molecule has 0 heterocycles. The van der Waals surface area contributed by atoms with Gasteiger partial charge in [-0.3, -0.25) is 0 Å². The summed E-state index contributed by atoms with van der Waals surface area (Å²) in [6, 6.07) is 1.67. The maximum Gasteiger partial charge on any atom is 0.169 e. The number of benzene rings is 1. The van der Waals surface area contributed by atoms with Crippen molar-refractivity contribution in [1.29, 1.82) is 0 Å². The predicted octanol–water partition coefficient (Wildman–Crippen LogP) is 2.77. The molecule has 1 aliphatic carbocycles. The molecule has 0 radical (unpaired) electrons. The smallest absolute Gasteiger partial charge is 0.169 e. The Morgan fingerprint density at radius 3 is 2.50 bits per heavy atom. The molecule has 112 valence electrons. The molecule has 1 aromatic carbocycles. The Bertz CT molecular complexity index is 478. The normalized spacial score (nSPS) is 16.4. The SMILES string of the molecule is Nc1cc(N)c(N(CCO)C2CCCCC2)c(F)c1Cl. The molecule has 1 aliphatic rings. The van der Waals surface area contributed by atoms with Crippen molar-refractivity contribution in [3.05, 3.63) is 16.9 Å². The van der Waals surface area contributed by atoms with Crippen molar-refractivity contribution in [2.45, 2.75) is 38.1 Å². The quantitative estimate of drug-likeness (QED) is 0.748. The van der Waals surface area contributed by atoms with Crippen LogP contribution in [0.4, 0.5) is 21.5 Å². The topological polar surface area (TPSA) is 75.5 Å². The second-order valence-electron chi connectivity index (χ2n) is 5.24. The van der Waals surface area contributed by atoms with Crippen LogP contribution < -0.4 is 16.4 Å². The molecular weight excluding hydrogens is 281 g/mol. The first-order chi connectivity index (χ1) is 9.56. The highest BCUT2D eigenvalue weighted by molar-refractivity contribution is 6.33. The molecule has 1 fully saturated rings. The zero-order valence-electron chi connectivity index (χ0n) is 11.4. The van der Waals surface area contributed by atoms with Crippen LogP contribution in [0.1, 0.15) is 32.1 Å². The van der Waals surface area contributed by atoms with Crippen LogP contribution in [0.3, 0.4) is 0 Å². The number of aliphatic hydroxyl groups is 1. The zero-order chi connectivity index (χ0) is 14.7. The number of hydrogen-bond donors (Lipinski definition) is 3. The summed E-state index contributed by atoms with van der Waals surface area (Å²) in [5.41, 5.74) is 12.2. The van der Waals surface area contributed by atoms with E-state index in [1.54, 1.807) is 0 Å². The van der Waals surface area contributed by atoms with E-state index >= 15 is 0 Å². The number of nitrogen functional groups attached to an aromatic ring is 2. The molecule has 0 amide bonds. The summed E-state index contributed by atoms with van der Waals surface area (Å²) in [5, 5.41) is 9.17. The molecule has 0 aromatic heterocycles. The van der Waals surface area contributed by atoms with Crippen molar-refractivity contribution in [3.8, 4) is 0 Å². The molecule has 2 rings (SSSR count). The Hall–Kier alpha value is -1.20. The van der Waals surface area contributed by atoms with Crippen molar-refractivity contribution < 1.29 is 9.50 Å². The minimum absolute atomic E-state index is 0.0582. The summed E-state index contributed by atoms with van der Waals surface area (Å²) in [4.78, 5) is 1.84. The number of rotatable bonds is 4. The highest BCUT2D eigenvalue weighted by Crippen LogP contribution is 2.38. The molecule has 0 spiro atoms. The Labute approximate surface area is 123 Å². The monoisotopic (exact) mass is 301 g/mol. The van der Waals surface area contributed by atoms with Crippen LogP contribution in [-0.4, -0.2) is 24.3 Å². The first-order valence-electron chi connectivity index (χ1n) is 6.96. The van der Waals surface area contributed by atoms with Crippen LogP contribution in [0.5, 0.6) is 0 Å². The lowest BCUT2D eigenvalue weighted by atomic mass is 9.93. The Morgan fingerprint density at radius 1 is 1.25 bits per heavy atom.